The maximum atomic E-state index is 11.0. The summed E-state index contributed by atoms with van der Waals surface area (Å²) in [6.07, 6.45) is 29.7. The monoisotopic (exact) mass is 472 g/mol. The van der Waals surface area contributed by atoms with Gasteiger partial charge in [-0.25, -0.2) is 0 Å². The minimum absolute atomic E-state index is 0.00584. The lowest BCUT2D eigenvalue weighted by Crippen LogP contribution is -2.28. The van der Waals surface area contributed by atoms with Gasteiger partial charge in [-0.1, -0.05) is 121 Å². The number of aliphatic hydroxyl groups excluding tert-OH is 1. The van der Waals surface area contributed by atoms with E-state index in [1.54, 1.807) is 13.0 Å². The van der Waals surface area contributed by atoms with E-state index < -0.39 is 0 Å². The summed E-state index contributed by atoms with van der Waals surface area (Å²) in [5.74, 6) is 0.0538. The van der Waals surface area contributed by atoms with Crippen LogP contribution in [-0.2, 0) is 4.79 Å². The Morgan fingerprint density at radius 3 is 1.69 bits per heavy atom. The van der Waals surface area contributed by atoms with Crippen molar-refractivity contribution in [3.05, 3.63) is 119 Å². The van der Waals surface area contributed by atoms with E-state index in [0.717, 1.165) is 24.0 Å². The molecule has 0 aromatic heterocycles. The Morgan fingerprint density at radius 2 is 1.20 bits per heavy atom. The van der Waals surface area contributed by atoms with Gasteiger partial charge in [-0.3, -0.25) is 4.79 Å². The molecule has 1 N–H and O–H groups in total. The second-order valence-corrected chi connectivity index (χ2v) is 10.2. The number of rotatable bonds is 10. The normalized spacial score (nSPS) is 21.1. The fourth-order valence-electron chi connectivity index (χ4n) is 3.98. The van der Waals surface area contributed by atoms with E-state index in [0.29, 0.717) is 0 Å². The van der Waals surface area contributed by atoms with Crippen LogP contribution in [-0.4, -0.2) is 17.0 Å². The number of hydrogen-bond acceptors (Lipinski definition) is 2. The van der Waals surface area contributed by atoms with Crippen LogP contribution in [0.5, 0.6) is 0 Å². The Balaban J connectivity index is 2.66. The molecule has 0 aromatic rings. The van der Waals surface area contributed by atoms with Gasteiger partial charge in [-0.05, 0) is 71.4 Å². The highest BCUT2D eigenvalue weighted by molar-refractivity contribution is 5.87. The van der Waals surface area contributed by atoms with Crippen LogP contribution in [0.3, 0.4) is 0 Å². The summed E-state index contributed by atoms with van der Waals surface area (Å²) >= 11 is 0. The summed E-state index contributed by atoms with van der Waals surface area (Å²) in [4.78, 5) is 11.0. The number of aliphatic hydroxyl groups is 1. The molecular formula is C33H44O2. The molecule has 0 spiro atoms. The molecular weight excluding hydrogens is 428 g/mol. The number of hydrogen-bond donors (Lipinski definition) is 1. The van der Waals surface area contributed by atoms with Crippen molar-refractivity contribution >= 4 is 5.78 Å². The van der Waals surface area contributed by atoms with Crippen molar-refractivity contribution in [1.82, 2.24) is 0 Å². The summed E-state index contributed by atoms with van der Waals surface area (Å²) < 4.78 is 0. The molecule has 2 nitrogen and oxygen atoms in total. The lowest BCUT2D eigenvalue weighted by atomic mass is 9.71. The smallest absolute Gasteiger partial charge is 0.152 e. The molecule has 0 saturated heterocycles. The average Bonchev–Trinajstić information content (AvgIpc) is 2.74. The van der Waals surface area contributed by atoms with Crippen molar-refractivity contribution in [3.8, 4) is 0 Å². The number of carbonyl (C=O) groups excluding carboxylic acids is 1. The van der Waals surface area contributed by atoms with Gasteiger partial charge in [0.05, 0.1) is 6.10 Å². The molecule has 1 rings (SSSR count). The molecule has 0 radical (unpaired) electrons. The number of carbonyl (C=O) groups is 1. The first-order chi connectivity index (χ1) is 16.4. The number of ketones is 1. The number of allylic oxidation sites excluding steroid dienone is 19. The zero-order valence-corrected chi connectivity index (χ0v) is 22.9. The second kappa shape index (κ2) is 15.1. The molecule has 1 atom stereocenters. The molecule has 0 aliphatic heterocycles. The van der Waals surface area contributed by atoms with Gasteiger partial charge in [-0.2, -0.15) is 0 Å². The van der Waals surface area contributed by atoms with Crippen LogP contribution in [0.4, 0.5) is 0 Å². The van der Waals surface area contributed by atoms with E-state index >= 15 is 0 Å². The zero-order valence-electron chi connectivity index (χ0n) is 22.9. The Morgan fingerprint density at radius 1 is 0.743 bits per heavy atom. The van der Waals surface area contributed by atoms with Gasteiger partial charge in [-0.15, -0.1) is 0 Å². The molecule has 0 heterocycles. The molecule has 0 amide bonds. The van der Waals surface area contributed by atoms with E-state index in [2.05, 4.69) is 84.1 Å². The minimum atomic E-state index is -0.227. The van der Waals surface area contributed by atoms with Crippen LogP contribution < -0.4 is 0 Å². The maximum Gasteiger partial charge on any atom is 0.152 e. The quantitative estimate of drug-likeness (QED) is 0.255. The summed E-state index contributed by atoms with van der Waals surface area (Å²) in [6, 6.07) is 0. The SMILES string of the molecule is CC(=O)\C=C/C(C)=C/C=C\C(C)=C\C=C\C=C(C)/C=C/C=C(C)\C=C\C1=C(C)CC(O)CC1(C)C. The minimum Gasteiger partial charge on any atom is -0.393 e. The van der Waals surface area contributed by atoms with Gasteiger partial charge in [0.2, 0.25) is 0 Å². The van der Waals surface area contributed by atoms with Crippen LogP contribution in [0, 0.1) is 5.41 Å². The molecule has 35 heavy (non-hydrogen) atoms. The van der Waals surface area contributed by atoms with Crippen molar-refractivity contribution in [1.29, 1.82) is 0 Å². The van der Waals surface area contributed by atoms with Gasteiger partial charge in [0.15, 0.2) is 5.78 Å². The molecule has 1 aliphatic rings. The first-order valence-corrected chi connectivity index (χ1v) is 12.4. The summed E-state index contributed by atoms with van der Waals surface area (Å²) in [5, 5.41) is 10.1. The van der Waals surface area contributed by atoms with E-state index in [4.69, 9.17) is 0 Å². The topological polar surface area (TPSA) is 37.3 Å². The van der Waals surface area contributed by atoms with Crippen LogP contribution in [0.25, 0.3) is 0 Å². The summed E-state index contributed by atoms with van der Waals surface area (Å²) in [5.41, 5.74) is 7.18. The summed E-state index contributed by atoms with van der Waals surface area (Å²) in [6.45, 7) is 16.3. The third-order valence-corrected chi connectivity index (χ3v) is 5.84. The molecule has 0 fully saturated rings. The van der Waals surface area contributed by atoms with E-state index in [-0.39, 0.29) is 17.3 Å². The lowest BCUT2D eigenvalue weighted by Gasteiger charge is -2.35. The Kier molecular flexibility index (Phi) is 13.0. The highest BCUT2D eigenvalue weighted by Gasteiger charge is 2.31. The fraction of sp³-hybridized carbons (Fsp3) is 0.364. The first-order valence-electron chi connectivity index (χ1n) is 12.4. The largest absolute Gasteiger partial charge is 0.393 e. The van der Waals surface area contributed by atoms with Crippen LogP contribution in [0.1, 0.15) is 68.2 Å². The average molecular weight is 473 g/mol. The van der Waals surface area contributed by atoms with Gasteiger partial charge in [0.25, 0.3) is 0 Å². The van der Waals surface area contributed by atoms with Crippen LogP contribution in [0.2, 0.25) is 0 Å². The Labute approximate surface area is 213 Å². The molecule has 188 valence electrons. The third kappa shape index (κ3) is 12.9. The highest BCUT2D eigenvalue weighted by Crippen LogP contribution is 2.41. The van der Waals surface area contributed by atoms with Gasteiger partial charge in [0, 0.05) is 0 Å². The fourth-order valence-corrected chi connectivity index (χ4v) is 3.98. The Hall–Kier alpha value is -2.97. The molecule has 0 bridgehead atoms. The van der Waals surface area contributed by atoms with E-state index in [9.17, 15) is 9.90 Å². The molecule has 0 aromatic carbocycles. The first kappa shape index (κ1) is 30.1. The van der Waals surface area contributed by atoms with Crippen molar-refractivity contribution in [2.45, 2.75) is 74.3 Å². The predicted molar refractivity (Wildman–Crippen MR) is 153 cm³/mol. The zero-order chi connectivity index (χ0) is 26.4. The van der Waals surface area contributed by atoms with Gasteiger partial charge < -0.3 is 5.11 Å². The van der Waals surface area contributed by atoms with Crippen molar-refractivity contribution in [2.24, 2.45) is 5.41 Å². The van der Waals surface area contributed by atoms with E-state index in [1.165, 1.54) is 22.3 Å². The molecule has 1 aliphatic carbocycles. The maximum absolute atomic E-state index is 11.0. The molecule has 2 heteroatoms. The van der Waals surface area contributed by atoms with Crippen LogP contribution in [0.15, 0.2) is 119 Å². The molecule has 1 unspecified atom stereocenters. The van der Waals surface area contributed by atoms with Crippen molar-refractivity contribution in [3.63, 3.8) is 0 Å². The molecule has 0 saturated carbocycles. The lowest BCUT2D eigenvalue weighted by molar-refractivity contribution is -0.112. The van der Waals surface area contributed by atoms with Crippen molar-refractivity contribution < 1.29 is 9.90 Å². The standard InChI is InChI=1S/C33H44O2/c1-25(15-11-17-27(3)19-21-30(6)34)13-9-10-14-26(2)16-12-18-28(4)20-22-32-29(5)23-31(35)24-33(32,7)8/h9-22,31,35H,23-24H2,1-8H3/b10-9+,15-11-,16-12+,21-19-,22-20+,25-13+,26-14-,27-17+,28-18-. The predicted octanol–water partition coefficient (Wildman–Crippen LogP) is 8.64. The van der Waals surface area contributed by atoms with Crippen LogP contribution >= 0.6 is 0 Å². The highest BCUT2D eigenvalue weighted by atomic mass is 16.3. The second-order valence-electron chi connectivity index (χ2n) is 10.2. The summed E-state index contributed by atoms with van der Waals surface area (Å²) in [7, 11) is 0. The van der Waals surface area contributed by atoms with Gasteiger partial charge in [0.1, 0.15) is 0 Å². The Bertz CT molecular complexity index is 1040. The van der Waals surface area contributed by atoms with Crippen molar-refractivity contribution in [2.75, 3.05) is 0 Å². The third-order valence-electron chi connectivity index (χ3n) is 5.84. The van der Waals surface area contributed by atoms with Gasteiger partial charge >= 0.3 is 0 Å². The van der Waals surface area contributed by atoms with E-state index in [1.807, 2.05) is 43.4 Å².